The van der Waals surface area contributed by atoms with Crippen molar-refractivity contribution in [2.45, 2.75) is 51.6 Å². The van der Waals surface area contributed by atoms with E-state index in [2.05, 4.69) is 10.8 Å². The van der Waals surface area contributed by atoms with Gasteiger partial charge in [-0.05, 0) is 50.9 Å². The van der Waals surface area contributed by atoms with Crippen molar-refractivity contribution in [3.63, 3.8) is 0 Å². The maximum Gasteiger partial charge on any atom is 0.397 e. The van der Waals surface area contributed by atoms with Crippen LogP contribution in [0.15, 0.2) is 24.3 Å². The zero-order valence-corrected chi connectivity index (χ0v) is 14.1. The van der Waals surface area contributed by atoms with Crippen LogP contribution in [0.25, 0.3) is 0 Å². The van der Waals surface area contributed by atoms with E-state index in [9.17, 15) is 17.6 Å². The molecule has 0 heterocycles. The predicted molar refractivity (Wildman–Crippen MR) is 86.1 cm³/mol. The molecule has 0 atom stereocenters. The quantitative estimate of drug-likeness (QED) is 0.465. The zero-order valence-electron chi connectivity index (χ0n) is 14.1. The first-order valence-electron chi connectivity index (χ1n) is 8.43. The number of rotatable bonds is 6. The van der Waals surface area contributed by atoms with Crippen LogP contribution in [0, 0.1) is 34.8 Å². The molecule has 6 heteroatoms. The van der Waals surface area contributed by atoms with Gasteiger partial charge in [-0.2, -0.15) is 14.0 Å². The van der Waals surface area contributed by atoms with E-state index in [0.29, 0.717) is 24.5 Å². The molecule has 0 unspecified atom stereocenters. The van der Waals surface area contributed by atoms with Gasteiger partial charge in [0.15, 0.2) is 0 Å². The monoisotopic (exact) mass is 355 g/mol. The summed E-state index contributed by atoms with van der Waals surface area (Å²) in [6.45, 7) is 1.97. The highest BCUT2D eigenvalue weighted by Crippen LogP contribution is 2.35. The topological polar surface area (TPSA) is 33.0 Å². The van der Waals surface area contributed by atoms with Gasteiger partial charge in [0.25, 0.3) is 0 Å². The molecule has 0 spiro atoms. The van der Waals surface area contributed by atoms with E-state index in [-0.39, 0.29) is 5.92 Å². The molecule has 1 aromatic rings. The standard InChI is InChI=1S/C19H21F4NO/c1-2-3-13-4-6-14(7-5-13)8-9-19(22,23)25-15-10-17(20)16(12-24)18(21)11-15/h2-3,10-11,13-14H,4-9H2,1H3. The number of benzene rings is 1. The highest BCUT2D eigenvalue weighted by atomic mass is 19.3. The summed E-state index contributed by atoms with van der Waals surface area (Å²) in [5.41, 5.74) is -0.812. The highest BCUT2D eigenvalue weighted by molar-refractivity contribution is 5.37. The summed E-state index contributed by atoms with van der Waals surface area (Å²) in [7, 11) is 0. The molecule has 1 saturated carbocycles. The predicted octanol–water partition coefficient (Wildman–Crippen LogP) is 5.97. The molecule has 0 amide bonds. The number of hydrogen-bond donors (Lipinski definition) is 0. The molecule has 0 N–H and O–H groups in total. The number of ether oxygens (including phenoxy) is 1. The number of alkyl halides is 2. The third-order valence-corrected chi connectivity index (χ3v) is 4.59. The van der Waals surface area contributed by atoms with Gasteiger partial charge in [0.05, 0.1) is 6.42 Å². The van der Waals surface area contributed by atoms with E-state index in [0.717, 1.165) is 25.7 Å². The second-order valence-corrected chi connectivity index (χ2v) is 6.46. The van der Waals surface area contributed by atoms with Gasteiger partial charge in [-0.3, -0.25) is 0 Å². The lowest BCUT2D eigenvalue weighted by Crippen LogP contribution is -2.26. The fourth-order valence-electron chi connectivity index (χ4n) is 3.25. The lowest BCUT2D eigenvalue weighted by Gasteiger charge is -2.28. The van der Waals surface area contributed by atoms with Crippen LogP contribution in [0.2, 0.25) is 0 Å². The van der Waals surface area contributed by atoms with Gasteiger partial charge >= 0.3 is 6.11 Å². The van der Waals surface area contributed by atoms with Crippen LogP contribution in [0.1, 0.15) is 51.0 Å². The van der Waals surface area contributed by atoms with Gasteiger partial charge in [0.2, 0.25) is 0 Å². The SMILES string of the molecule is CC=CC1CCC(CCC(F)(F)Oc2cc(F)c(C#N)c(F)c2)CC1. The summed E-state index contributed by atoms with van der Waals surface area (Å²) in [5.74, 6) is -2.30. The van der Waals surface area contributed by atoms with Crippen LogP contribution in [0.5, 0.6) is 5.75 Å². The third-order valence-electron chi connectivity index (χ3n) is 4.59. The van der Waals surface area contributed by atoms with E-state index >= 15 is 0 Å². The Bertz CT molecular complexity index is 635. The van der Waals surface area contributed by atoms with Crippen LogP contribution in [0.4, 0.5) is 17.6 Å². The third kappa shape index (κ3) is 5.48. The molecule has 0 radical (unpaired) electrons. The Morgan fingerprint density at radius 1 is 1.20 bits per heavy atom. The normalized spacial score (nSPS) is 21.3. The summed E-state index contributed by atoms with van der Waals surface area (Å²) in [6, 6.07) is 2.55. The number of hydrogen-bond acceptors (Lipinski definition) is 2. The fourth-order valence-corrected chi connectivity index (χ4v) is 3.25. The van der Waals surface area contributed by atoms with Gasteiger partial charge < -0.3 is 4.74 Å². The van der Waals surface area contributed by atoms with E-state index in [1.807, 2.05) is 13.0 Å². The molecule has 0 aliphatic heterocycles. The van der Waals surface area contributed by atoms with Crippen LogP contribution in [-0.4, -0.2) is 6.11 Å². The molecule has 136 valence electrons. The lowest BCUT2D eigenvalue weighted by atomic mass is 9.80. The Morgan fingerprint density at radius 2 is 1.80 bits per heavy atom. The zero-order chi connectivity index (χ0) is 18.4. The largest absolute Gasteiger partial charge is 0.432 e. The number of halogens is 4. The Labute approximate surface area is 145 Å². The summed E-state index contributed by atoms with van der Waals surface area (Å²) >= 11 is 0. The average molecular weight is 355 g/mol. The maximum atomic E-state index is 14.0. The fraction of sp³-hybridized carbons (Fsp3) is 0.526. The second-order valence-electron chi connectivity index (χ2n) is 6.46. The summed E-state index contributed by atoms with van der Waals surface area (Å²) in [6.07, 6.45) is 4.24. The first kappa shape index (κ1) is 19.3. The Morgan fingerprint density at radius 3 is 2.32 bits per heavy atom. The number of nitriles is 1. The molecule has 0 bridgehead atoms. The van der Waals surface area contributed by atoms with Crippen molar-refractivity contribution in [2.75, 3.05) is 0 Å². The van der Waals surface area contributed by atoms with E-state index in [1.165, 1.54) is 6.07 Å². The smallest absolute Gasteiger partial charge is 0.397 e. The van der Waals surface area contributed by atoms with Crippen molar-refractivity contribution in [2.24, 2.45) is 11.8 Å². The van der Waals surface area contributed by atoms with Crippen LogP contribution < -0.4 is 4.74 Å². The molecular formula is C19H21F4NO. The average Bonchev–Trinajstić information content (AvgIpc) is 2.54. The molecule has 1 fully saturated rings. The maximum absolute atomic E-state index is 14.0. The second kappa shape index (κ2) is 8.37. The first-order chi connectivity index (χ1) is 11.8. The van der Waals surface area contributed by atoms with Crippen molar-refractivity contribution in [1.82, 2.24) is 0 Å². The van der Waals surface area contributed by atoms with Crippen LogP contribution >= 0.6 is 0 Å². The minimum absolute atomic E-state index is 0.213. The van der Waals surface area contributed by atoms with Crippen LogP contribution in [-0.2, 0) is 0 Å². The molecule has 25 heavy (non-hydrogen) atoms. The van der Waals surface area contributed by atoms with Crippen molar-refractivity contribution in [3.8, 4) is 11.8 Å². The van der Waals surface area contributed by atoms with Gasteiger partial charge in [-0.15, -0.1) is 0 Å². The number of nitrogens with zero attached hydrogens (tertiary/aromatic N) is 1. The Kier molecular flexibility index (Phi) is 6.46. The van der Waals surface area contributed by atoms with Gasteiger partial charge in [0.1, 0.15) is 29.0 Å². The highest BCUT2D eigenvalue weighted by Gasteiger charge is 2.33. The molecule has 0 saturated heterocycles. The Balaban J connectivity index is 1.89. The minimum Gasteiger partial charge on any atom is -0.432 e. The van der Waals surface area contributed by atoms with Gasteiger partial charge in [-0.25, -0.2) is 8.78 Å². The molecule has 2 rings (SSSR count). The molecule has 1 aromatic carbocycles. The number of allylic oxidation sites excluding steroid dienone is 2. The first-order valence-corrected chi connectivity index (χ1v) is 8.43. The van der Waals surface area contributed by atoms with Gasteiger partial charge in [-0.1, -0.05) is 12.2 Å². The van der Waals surface area contributed by atoms with E-state index in [1.54, 1.807) is 0 Å². The molecular weight excluding hydrogens is 334 g/mol. The molecule has 2 nitrogen and oxygen atoms in total. The minimum atomic E-state index is -3.51. The van der Waals surface area contributed by atoms with E-state index in [4.69, 9.17) is 5.26 Å². The summed E-state index contributed by atoms with van der Waals surface area (Å²) in [5, 5.41) is 8.58. The molecule has 1 aliphatic rings. The van der Waals surface area contributed by atoms with Crippen LogP contribution in [0.3, 0.4) is 0 Å². The molecule has 0 aromatic heterocycles. The summed E-state index contributed by atoms with van der Waals surface area (Å²) in [4.78, 5) is 0. The molecule has 1 aliphatic carbocycles. The lowest BCUT2D eigenvalue weighted by molar-refractivity contribution is -0.183. The van der Waals surface area contributed by atoms with Crippen molar-refractivity contribution in [1.29, 1.82) is 5.26 Å². The van der Waals surface area contributed by atoms with Gasteiger partial charge in [0, 0.05) is 12.1 Å². The Hall–Kier alpha value is -2.03. The van der Waals surface area contributed by atoms with Crippen molar-refractivity contribution < 1.29 is 22.3 Å². The van der Waals surface area contributed by atoms with Crippen molar-refractivity contribution >= 4 is 0 Å². The van der Waals surface area contributed by atoms with Crippen molar-refractivity contribution in [3.05, 3.63) is 41.5 Å². The summed E-state index contributed by atoms with van der Waals surface area (Å²) < 4.78 is 59.3. The van der Waals surface area contributed by atoms with E-state index < -0.39 is 35.5 Å².